The highest BCUT2D eigenvalue weighted by molar-refractivity contribution is 7.93. The van der Waals surface area contributed by atoms with E-state index in [0.29, 0.717) is 67.7 Å². The van der Waals surface area contributed by atoms with Gasteiger partial charge in [-0.3, -0.25) is 33.3 Å². The van der Waals surface area contributed by atoms with Crippen LogP contribution in [0.1, 0.15) is 48.5 Å². The highest BCUT2D eigenvalue weighted by Crippen LogP contribution is 2.35. The van der Waals surface area contributed by atoms with E-state index < -0.39 is 53.8 Å². The highest BCUT2D eigenvalue weighted by atomic mass is 35.5. The molecule has 27 nitrogen and oxygen atoms in total. The number of rotatable bonds is 18. The van der Waals surface area contributed by atoms with Crippen LogP contribution >= 0.6 is 46.0 Å². The third-order valence-electron chi connectivity index (χ3n) is 18.8. The van der Waals surface area contributed by atoms with Crippen molar-refractivity contribution in [2.24, 2.45) is 0 Å². The maximum absolute atomic E-state index is 13.2. The Balaban J connectivity index is 0.000000176. The molecule has 3 fully saturated rings. The van der Waals surface area contributed by atoms with Gasteiger partial charge in [0.15, 0.2) is 5.13 Å². The minimum Gasteiger partial charge on any atom is -0.368 e. The molecule has 4 amide bonds. The first-order valence-corrected chi connectivity index (χ1v) is 41.3. The van der Waals surface area contributed by atoms with Gasteiger partial charge in [-0.25, -0.2) is 40.2 Å². The van der Waals surface area contributed by atoms with Gasteiger partial charge in [-0.05, 0) is 165 Å². The largest absolute Gasteiger partial charge is 0.416 e. The fourth-order valence-electron chi connectivity index (χ4n) is 13.1. The molecule has 3 atom stereocenters. The zero-order valence-corrected chi connectivity index (χ0v) is 64.4. The lowest BCUT2D eigenvalue weighted by Gasteiger charge is -2.41. The number of halogens is 4. The van der Waals surface area contributed by atoms with E-state index in [9.17, 15) is 57.6 Å². The molecule has 0 spiro atoms. The van der Waals surface area contributed by atoms with Gasteiger partial charge >= 0.3 is 6.18 Å². The number of fused-ring (bicyclic) bond motifs is 3. The molecule has 0 bridgehead atoms. The molecule has 6 aromatic carbocycles. The second-order valence-electron chi connectivity index (χ2n) is 25.8. The van der Waals surface area contributed by atoms with Gasteiger partial charge in [-0.2, -0.15) is 21.9 Å². The molecule has 9 heterocycles. The Morgan fingerprint density at radius 3 is 1.73 bits per heavy atom. The number of alkyl halides is 3. The molecule has 109 heavy (non-hydrogen) atoms. The highest BCUT2D eigenvalue weighted by Gasteiger charge is 2.35. The molecule has 3 aliphatic rings. The Bertz CT molecular complexity index is 5670. The minimum absolute atomic E-state index is 0. The molecule has 0 radical (unpaired) electrons. The molecule has 574 valence electrons. The van der Waals surface area contributed by atoms with E-state index in [2.05, 4.69) is 47.7 Å². The Morgan fingerprint density at radius 1 is 0.596 bits per heavy atom. The van der Waals surface area contributed by atoms with Crippen LogP contribution < -0.4 is 28.9 Å². The summed E-state index contributed by atoms with van der Waals surface area (Å²) in [6, 6.07) is 40.9. The number of hydrogen-bond acceptors (Lipinski definition) is 20. The second kappa shape index (κ2) is 32.0. The first-order valence-electron chi connectivity index (χ1n) is 34.1. The average Bonchev–Trinajstić information content (AvgIpc) is 1.54. The van der Waals surface area contributed by atoms with Crippen LogP contribution in [0.3, 0.4) is 0 Å². The van der Waals surface area contributed by atoms with Gasteiger partial charge in [0.2, 0.25) is 33.9 Å². The number of sulfonamides is 3. The van der Waals surface area contributed by atoms with Crippen molar-refractivity contribution < 1.29 is 61.9 Å². The molecular weight excluding hydrogens is 1550 g/mol. The number of thiazole rings is 1. The lowest BCUT2D eigenvalue weighted by atomic mass is 10.1. The number of nitrogens with one attached hydrogen (secondary N) is 3. The van der Waals surface area contributed by atoms with Gasteiger partial charge in [0, 0.05) is 161 Å². The summed E-state index contributed by atoms with van der Waals surface area (Å²) >= 11 is 9.27. The van der Waals surface area contributed by atoms with Crippen LogP contribution in [-0.2, 0) is 62.0 Å². The summed E-state index contributed by atoms with van der Waals surface area (Å²) < 4.78 is 136. The van der Waals surface area contributed by atoms with Crippen molar-refractivity contribution in [3.05, 3.63) is 205 Å². The van der Waals surface area contributed by atoms with Crippen molar-refractivity contribution in [3.63, 3.8) is 0 Å². The predicted molar refractivity (Wildman–Crippen MR) is 421 cm³/mol. The van der Waals surface area contributed by atoms with Crippen LogP contribution in [0.4, 0.5) is 45.6 Å². The van der Waals surface area contributed by atoms with E-state index in [4.69, 9.17) is 11.6 Å². The summed E-state index contributed by atoms with van der Waals surface area (Å²) in [7, 11) is -11.3. The van der Waals surface area contributed by atoms with E-state index in [-0.39, 0.29) is 95.9 Å². The van der Waals surface area contributed by atoms with Crippen LogP contribution in [0, 0.1) is 6.92 Å². The minimum atomic E-state index is -4.51. The lowest BCUT2D eigenvalue weighted by Crippen LogP contribution is -2.54. The van der Waals surface area contributed by atoms with Crippen LogP contribution in [0.5, 0.6) is 0 Å². The van der Waals surface area contributed by atoms with E-state index in [0.717, 1.165) is 79.7 Å². The summed E-state index contributed by atoms with van der Waals surface area (Å²) in [6.45, 7) is 12.1. The van der Waals surface area contributed by atoms with Gasteiger partial charge in [-0.15, -0.1) is 11.3 Å². The zero-order chi connectivity index (χ0) is 77.1. The van der Waals surface area contributed by atoms with E-state index >= 15 is 0 Å². The van der Waals surface area contributed by atoms with E-state index in [1.807, 2.05) is 99.8 Å². The summed E-state index contributed by atoms with van der Waals surface area (Å²) in [5, 5.41) is 5.71. The lowest BCUT2D eigenvalue weighted by molar-refractivity contribution is -0.139. The van der Waals surface area contributed by atoms with Gasteiger partial charge < -0.3 is 43.1 Å². The summed E-state index contributed by atoms with van der Waals surface area (Å²) in [6.07, 6.45) is 3.71. The molecule has 15 rings (SSSR count). The van der Waals surface area contributed by atoms with Crippen molar-refractivity contribution >= 4 is 165 Å². The quantitative estimate of drug-likeness (QED) is 0.0719. The zero-order valence-electron chi connectivity index (χ0n) is 58.7. The van der Waals surface area contributed by atoms with Crippen molar-refractivity contribution in [1.82, 2.24) is 52.1 Å². The number of aromatic nitrogens is 8. The molecule has 0 saturated carbocycles. The number of nitrogens with zero attached hydrogens (tertiary/aromatic N) is 14. The maximum atomic E-state index is 13.2. The number of carbonyl (C=O) groups is 4. The fraction of sp³-hybridized carbons (Fsp3) is 0.264. The molecule has 3 N–H and O–H groups in total. The van der Waals surface area contributed by atoms with Gasteiger partial charge in [-0.1, -0.05) is 41.9 Å². The molecule has 12 aromatic rings. The number of para-hydroxylation sites is 1. The normalized spacial score (nSPS) is 15.8. The van der Waals surface area contributed by atoms with Crippen molar-refractivity contribution in [1.29, 1.82) is 0 Å². The number of hydrogen-bond donors (Lipinski definition) is 3. The number of carbonyl (C=O) groups excluding carboxylic acids is 4. The Morgan fingerprint density at radius 2 is 1.15 bits per heavy atom. The SMILES string of the molecule is CC1CN(c2ccc(S(=O)(=O)Nc3ncns3)cc2)CCN1C(=O)Cn1ccc2ccc(Cl)cc21.C[C@@H](C(=O)N1CCN(c2ccc(S(=O)(=O)Nc3nccs3)cc2)C(=O)C1)n1ccc2ccc(C(F)(F)F)cc21.Cc1nsc(NS(=O)(=O)c2ccc(N3CCN(C(=O)C(C)n4ccc5ccccc54)CC3)cc2)n1.[HH].[HH].[HH]. The van der Waals surface area contributed by atoms with E-state index in [1.165, 1.54) is 57.2 Å². The summed E-state index contributed by atoms with van der Waals surface area (Å²) in [4.78, 5) is 75.6. The number of benzene rings is 6. The molecule has 37 heteroatoms. The standard InChI is InChI=1S/C25H22F3N5O4S2.C24H26N6O3S2.C23H23ClN6O3S2.3H2/c1-16(32-10-8-17-2-3-18(14-21(17)32)25(26,27)28)23(35)31-11-12-33(22(34)15-31)19-4-6-20(7-5-19)39(36,37)30-24-29-9-13-38-24;1-17(30-12-11-19-5-3-4-6-22(19)30)23(31)29-15-13-28(14-16-29)20-7-9-21(10-8-20)35(32,33)27-24-25-18(2)26-34-24;1-16-13-28(19-4-6-20(7-5-19)35(32,33)27-23-25-15-26-34-23)10-11-30(16)22(31)14-29-9-8-17-2-3-18(24)12-21(17)29;;;/h2-10,13-14,16H,11-12,15H2,1H3,(H,29,30);3-12,17H,13-16H2,1-2H3,(H,25,26,27);2-9,12,15-16H,10-11,13-14H2,1H3,(H,25,26,27);3*1H/t16-;;;;;/m0...../s1. The maximum Gasteiger partial charge on any atom is 0.416 e. The van der Waals surface area contributed by atoms with Crippen molar-refractivity contribution in [2.45, 2.75) is 73.2 Å². The number of aryl methyl sites for hydroxylation is 1. The predicted octanol–water partition coefficient (Wildman–Crippen LogP) is 12.3. The summed E-state index contributed by atoms with van der Waals surface area (Å²) in [5.41, 5.74) is 3.76. The van der Waals surface area contributed by atoms with Crippen LogP contribution in [0.15, 0.2) is 203 Å². The molecule has 2 unspecified atom stereocenters. The van der Waals surface area contributed by atoms with Gasteiger partial charge in [0.05, 0.1) is 20.2 Å². The first-order chi connectivity index (χ1) is 52.0. The molecule has 0 aliphatic carbocycles. The van der Waals surface area contributed by atoms with Crippen molar-refractivity contribution in [2.75, 3.05) is 94.3 Å². The Labute approximate surface area is 646 Å². The number of amides is 4. The Hall–Kier alpha value is -10.5. The van der Waals surface area contributed by atoms with Crippen LogP contribution in [0.25, 0.3) is 32.7 Å². The molecule has 3 saturated heterocycles. The van der Waals surface area contributed by atoms with Crippen LogP contribution in [0.2, 0.25) is 5.02 Å². The first kappa shape index (κ1) is 76.7. The van der Waals surface area contributed by atoms with E-state index in [1.54, 1.807) is 80.0 Å². The number of anilines is 6. The monoisotopic (exact) mass is 1620 g/mol. The average molecular weight is 1630 g/mol. The van der Waals surface area contributed by atoms with Crippen LogP contribution in [-0.4, -0.2) is 172 Å². The molecular formula is C72H77ClF3N17O10S6. The third kappa shape index (κ3) is 17.5. The molecule has 3 aliphatic heterocycles. The fourth-order valence-corrected chi connectivity index (χ4v) is 18.5. The third-order valence-corrected chi connectivity index (χ3v) is 25.5. The topological polar surface area (TPSA) is 305 Å². The molecule has 6 aromatic heterocycles. The van der Waals surface area contributed by atoms with Gasteiger partial charge in [0.25, 0.3) is 30.1 Å². The summed E-state index contributed by atoms with van der Waals surface area (Å²) in [5.74, 6) is -0.0799. The second-order valence-corrected chi connectivity index (χ2v) is 33.7. The Kier molecular flexibility index (Phi) is 22.5. The van der Waals surface area contributed by atoms with Gasteiger partial charge in [0.1, 0.15) is 37.3 Å². The number of piperazine rings is 3. The smallest absolute Gasteiger partial charge is 0.368 e. The van der Waals surface area contributed by atoms with Crippen molar-refractivity contribution in [3.8, 4) is 0 Å².